The first-order valence-electron chi connectivity index (χ1n) is 7.65. The molecule has 20 heavy (non-hydrogen) atoms. The van der Waals surface area contributed by atoms with E-state index in [0.717, 1.165) is 25.7 Å². The van der Waals surface area contributed by atoms with E-state index in [-0.39, 0.29) is 11.8 Å². The Morgan fingerprint density at radius 1 is 1.25 bits per heavy atom. The smallest absolute Gasteiger partial charge is 0.451 e. The van der Waals surface area contributed by atoms with Gasteiger partial charge in [-0.2, -0.15) is 0 Å². The molecule has 2 fully saturated rings. The maximum Gasteiger partial charge on any atom is 0.451 e. The maximum atomic E-state index is 11.4. The summed E-state index contributed by atoms with van der Waals surface area (Å²) >= 11 is 0. The van der Waals surface area contributed by atoms with Gasteiger partial charge in [-0.15, -0.1) is 0 Å². The van der Waals surface area contributed by atoms with E-state index in [0.29, 0.717) is 30.6 Å². The molecule has 0 heterocycles. The van der Waals surface area contributed by atoms with Gasteiger partial charge in [0.2, 0.25) is 0 Å². The first-order valence-corrected chi connectivity index (χ1v) is 7.65. The molecule has 2 aliphatic carbocycles. The number of nitrogens with zero attached hydrogens (tertiary/aromatic N) is 1. The number of carboxylic acid groups (broad SMARTS) is 1. The third-order valence-electron chi connectivity index (χ3n) is 5.40. The minimum absolute atomic E-state index is 0.209. The Kier molecular flexibility index (Phi) is 5.10. The fourth-order valence-electron chi connectivity index (χ4n) is 4.38. The van der Waals surface area contributed by atoms with Gasteiger partial charge in [0, 0.05) is 6.04 Å². The molecule has 0 aromatic carbocycles. The van der Waals surface area contributed by atoms with Crippen molar-refractivity contribution in [3.05, 3.63) is 0 Å². The highest BCUT2D eigenvalue weighted by atomic mass is 16.4. The molecule has 2 saturated carbocycles. The van der Waals surface area contributed by atoms with Gasteiger partial charge in [0.05, 0.1) is 5.92 Å². The van der Waals surface area contributed by atoms with Crippen LogP contribution in [0, 0.1) is 23.7 Å². The topological polar surface area (TPSA) is 81.0 Å². The zero-order chi connectivity index (χ0) is 14.9. The van der Waals surface area contributed by atoms with Crippen LogP contribution in [0.25, 0.3) is 0 Å². The van der Waals surface area contributed by atoms with Crippen molar-refractivity contribution in [3.8, 4) is 0 Å². The van der Waals surface area contributed by atoms with Crippen molar-refractivity contribution in [1.82, 2.24) is 4.90 Å². The molecule has 1 unspecified atom stereocenters. The Labute approximate surface area is 121 Å². The van der Waals surface area contributed by atoms with Crippen molar-refractivity contribution >= 4 is 13.1 Å². The van der Waals surface area contributed by atoms with Crippen LogP contribution < -0.4 is 0 Å². The zero-order valence-corrected chi connectivity index (χ0v) is 12.4. The van der Waals surface area contributed by atoms with Gasteiger partial charge in [0.15, 0.2) is 0 Å². The summed E-state index contributed by atoms with van der Waals surface area (Å²) in [5.41, 5.74) is 0. The second kappa shape index (κ2) is 6.45. The lowest BCUT2D eigenvalue weighted by atomic mass is 9.78. The van der Waals surface area contributed by atoms with Crippen LogP contribution in [0.4, 0.5) is 0 Å². The molecule has 3 N–H and O–H groups in total. The summed E-state index contributed by atoms with van der Waals surface area (Å²) in [6, 6.07) is 0.575. The van der Waals surface area contributed by atoms with E-state index in [2.05, 4.69) is 19.0 Å². The molecule has 0 aromatic heterocycles. The summed E-state index contributed by atoms with van der Waals surface area (Å²) in [6.07, 6.45) is 4.85. The maximum absolute atomic E-state index is 11.4. The van der Waals surface area contributed by atoms with E-state index in [1.807, 2.05) is 0 Å². The number of hydrogen-bond acceptors (Lipinski definition) is 4. The van der Waals surface area contributed by atoms with Crippen molar-refractivity contribution in [2.75, 3.05) is 14.1 Å². The SMILES string of the molecule is CN(C)C1C[C@@H]2C[C@@H](C(=O)O)[C@@H](CCCB(O)O)[C@@H]2C1. The summed E-state index contributed by atoms with van der Waals surface area (Å²) < 4.78 is 0. The van der Waals surface area contributed by atoms with Gasteiger partial charge >= 0.3 is 13.1 Å². The monoisotopic (exact) mass is 283 g/mol. The van der Waals surface area contributed by atoms with Gasteiger partial charge < -0.3 is 20.1 Å². The van der Waals surface area contributed by atoms with Gasteiger partial charge in [-0.25, -0.2) is 0 Å². The van der Waals surface area contributed by atoms with E-state index in [1.165, 1.54) is 0 Å². The lowest BCUT2D eigenvalue weighted by Gasteiger charge is -2.25. The summed E-state index contributed by atoms with van der Waals surface area (Å²) in [5.74, 6) is 0.340. The molecule has 0 saturated heterocycles. The molecule has 0 aromatic rings. The van der Waals surface area contributed by atoms with E-state index < -0.39 is 13.1 Å². The van der Waals surface area contributed by atoms with E-state index in [9.17, 15) is 9.90 Å². The number of fused-ring (bicyclic) bond motifs is 1. The van der Waals surface area contributed by atoms with Gasteiger partial charge in [-0.05, 0) is 63.9 Å². The van der Waals surface area contributed by atoms with Crippen molar-refractivity contribution in [1.29, 1.82) is 0 Å². The Hall–Kier alpha value is -0.585. The van der Waals surface area contributed by atoms with Crippen LogP contribution in [0.15, 0.2) is 0 Å². The van der Waals surface area contributed by atoms with Gasteiger partial charge in [-0.1, -0.05) is 6.42 Å². The number of hydrogen-bond donors (Lipinski definition) is 3. The van der Waals surface area contributed by atoms with Crippen LogP contribution in [0.2, 0.25) is 6.32 Å². The van der Waals surface area contributed by atoms with Crippen LogP contribution in [-0.4, -0.2) is 53.3 Å². The van der Waals surface area contributed by atoms with Gasteiger partial charge in [-0.3, -0.25) is 4.79 Å². The highest BCUT2D eigenvalue weighted by Gasteiger charge is 2.50. The molecule has 5 atom stereocenters. The summed E-state index contributed by atoms with van der Waals surface area (Å²) in [4.78, 5) is 13.7. The standard InChI is InChI=1S/C14H26BNO4/c1-16(2)10-6-9-7-13(14(17)18)11(12(9)8-10)4-3-5-15(19)20/h9-13,19-20H,3-8H2,1-2H3,(H,17,18)/t9-,10?,11+,12-,13-/m1/s1. The molecule has 2 aliphatic rings. The van der Waals surface area contributed by atoms with Crippen LogP contribution in [0.1, 0.15) is 32.1 Å². The van der Waals surface area contributed by atoms with Crippen molar-refractivity contribution < 1.29 is 19.9 Å². The second-order valence-corrected chi connectivity index (χ2v) is 6.77. The number of aliphatic carboxylic acids is 1. The number of rotatable bonds is 6. The fraction of sp³-hybridized carbons (Fsp3) is 0.929. The Morgan fingerprint density at radius 3 is 2.50 bits per heavy atom. The number of carboxylic acids is 1. The first kappa shape index (κ1) is 15.8. The van der Waals surface area contributed by atoms with E-state index in [1.54, 1.807) is 0 Å². The van der Waals surface area contributed by atoms with Crippen LogP contribution >= 0.6 is 0 Å². The van der Waals surface area contributed by atoms with Crippen LogP contribution in [0.5, 0.6) is 0 Å². The zero-order valence-electron chi connectivity index (χ0n) is 12.4. The summed E-state index contributed by atoms with van der Waals surface area (Å²) in [6.45, 7) is 0. The highest BCUT2D eigenvalue weighted by molar-refractivity contribution is 6.40. The molecule has 0 spiro atoms. The first-order chi connectivity index (χ1) is 9.40. The third-order valence-corrected chi connectivity index (χ3v) is 5.40. The normalized spacial score (nSPS) is 36.4. The third kappa shape index (κ3) is 3.35. The Morgan fingerprint density at radius 2 is 1.95 bits per heavy atom. The molecule has 6 heteroatoms. The largest absolute Gasteiger partial charge is 0.481 e. The minimum Gasteiger partial charge on any atom is -0.481 e. The lowest BCUT2D eigenvalue weighted by molar-refractivity contribution is -0.143. The predicted octanol–water partition coefficient (Wildman–Crippen LogP) is 0.916. The van der Waals surface area contributed by atoms with E-state index in [4.69, 9.17) is 10.0 Å². The quantitative estimate of drug-likeness (QED) is 0.631. The minimum atomic E-state index is -1.27. The predicted molar refractivity (Wildman–Crippen MR) is 77.2 cm³/mol. The van der Waals surface area contributed by atoms with Crippen LogP contribution in [0.3, 0.4) is 0 Å². The van der Waals surface area contributed by atoms with Crippen molar-refractivity contribution in [3.63, 3.8) is 0 Å². The molecule has 0 aliphatic heterocycles. The second-order valence-electron chi connectivity index (χ2n) is 6.77. The molecule has 0 bridgehead atoms. The number of carbonyl (C=O) groups is 1. The van der Waals surface area contributed by atoms with Crippen molar-refractivity contribution in [2.24, 2.45) is 23.7 Å². The van der Waals surface area contributed by atoms with E-state index >= 15 is 0 Å². The van der Waals surface area contributed by atoms with Crippen molar-refractivity contribution in [2.45, 2.75) is 44.5 Å². The Bertz CT molecular complexity index is 350. The molecular formula is C14H26BNO4. The highest BCUT2D eigenvalue weighted by Crippen LogP contribution is 2.53. The molecule has 2 rings (SSSR count). The molecule has 0 radical (unpaired) electrons. The molecule has 0 amide bonds. The molecule has 5 nitrogen and oxygen atoms in total. The summed E-state index contributed by atoms with van der Waals surface area (Å²) in [5, 5.41) is 27.3. The fourth-order valence-corrected chi connectivity index (χ4v) is 4.38. The average Bonchev–Trinajstić information content (AvgIpc) is 2.87. The van der Waals surface area contributed by atoms with Gasteiger partial charge in [0.25, 0.3) is 0 Å². The molecule has 114 valence electrons. The average molecular weight is 283 g/mol. The summed E-state index contributed by atoms with van der Waals surface area (Å²) in [7, 11) is 2.92. The molecular weight excluding hydrogens is 257 g/mol. The van der Waals surface area contributed by atoms with Gasteiger partial charge in [0.1, 0.15) is 0 Å². The Balaban J connectivity index is 1.98. The van der Waals surface area contributed by atoms with Crippen LogP contribution in [-0.2, 0) is 4.79 Å². The lowest BCUT2D eigenvalue weighted by Crippen LogP contribution is -2.28.